The summed E-state index contributed by atoms with van der Waals surface area (Å²) in [5.41, 5.74) is 2.11. The minimum atomic E-state index is 0.0343. The van der Waals surface area contributed by atoms with Gasteiger partial charge in [-0.1, -0.05) is 18.2 Å². The molecule has 1 aliphatic rings. The Morgan fingerprint density at radius 2 is 1.97 bits per heavy atom. The number of nitrogens with zero attached hydrogens (tertiary/aromatic N) is 5. The summed E-state index contributed by atoms with van der Waals surface area (Å²) in [6, 6.07) is 13.5. The molecule has 1 aromatic carbocycles. The van der Waals surface area contributed by atoms with Crippen molar-refractivity contribution < 1.29 is 9.53 Å². The van der Waals surface area contributed by atoms with Gasteiger partial charge in [-0.3, -0.25) is 4.79 Å². The van der Waals surface area contributed by atoms with Crippen LogP contribution in [0.25, 0.3) is 16.7 Å². The van der Waals surface area contributed by atoms with E-state index in [-0.39, 0.29) is 12.0 Å². The number of ether oxygens (including phenoxy) is 1. The number of aromatic nitrogens is 5. The van der Waals surface area contributed by atoms with Crippen LogP contribution >= 0.6 is 0 Å². The van der Waals surface area contributed by atoms with Crippen LogP contribution in [0.4, 0.5) is 0 Å². The molecule has 0 atom stereocenters. The molecule has 1 fully saturated rings. The number of hydrogen-bond donors (Lipinski definition) is 1. The lowest BCUT2D eigenvalue weighted by Crippen LogP contribution is -2.42. The Kier molecular flexibility index (Phi) is 4.88. The first-order valence-electron chi connectivity index (χ1n) is 10.1. The van der Waals surface area contributed by atoms with E-state index >= 15 is 0 Å². The molecule has 1 aliphatic heterocycles. The number of aromatic amines is 1. The van der Waals surface area contributed by atoms with E-state index in [1.807, 2.05) is 53.7 Å². The van der Waals surface area contributed by atoms with Gasteiger partial charge in [-0.15, -0.1) is 10.2 Å². The molecule has 1 amide bonds. The van der Waals surface area contributed by atoms with E-state index in [1.54, 1.807) is 16.9 Å². The fraction of sp³-hybridized carbons (Fsp3) is 0.273. The van der Waals surface area contributed by atoms with Crippen LogP contribution in [0.15, 0.2) is 61.1 Å². The van der Waals surface area contributed by atoms with Crippen molar-refractivity contribution in [2.45, 2.75) is 25.4 Å². The Hall–Kier alpha value is -3.68. The number of nitrogens with one attached hydrogen (secondary N) is 1. The molecule has 0 spiro atoms. The van der Waals surface area contributed by atoms with Crippen LogP contribution in [-0.2, 0) is 11.2 Å². The van der Waals surface area contributed by atoms with Crippen molar-refractivity contribution in [2.75, 3.05) is 13.1 Å². The monoisotopic (exact) mass is 402 g/mol. The smallest absolute Gasteiger partial charge is 0.233 e. The highest BCUT2D eigenvalue weighted by molar-refractivity contribution is 5.88. The maximum Gasteiger partial charge on any atom is 0.233 e. The van der Waals surface area contributed by atoms with Gasteiger partial charge >= 0.3 is 0 Å². The molecule has 5 rings (SSSR count). The highest BCUT2D eigenvalue weighted by Crippen LogP contribution is 2.21. The Bertz CT molecular complexity index is 1130. The third-order valence-electron chi connectivity index (χ3n) is 5.46. The van der Waals surface area contributed by atoms with Gasteiger partial charge in [-0.25, -0.2) is 4.68 Å². The van der Waals surface area contributed by atoms with Crippen molar-refractivity contribution in [1.29, 1.82) is 0 Å². The first-order chi connectivity index (χ1) is 14.8. The third-order valence-corrected chi connectivity index (χ3v) is 5.46. The van der Waals surface area contributed by atoms with Gasteiger partial charge in [0.05, 0.1) is 6.42 Å². The minimum Gasteiger partial charge on any atom is -0.473 e. The second kappa shape index (κ2) is 7.98. The average Bonchev–Trinajstić information content (AvgIpc) is 3.46. The Morgan fingerprint density at radius 1 is 1.10 bits per heavy atom. The number of rotatable bonds is 5. The lowest BCUT2D eigenvalue weighted by Gasteiger charge is -2.32. The van der Waals surface area contributed by atoms with E-state index in [0.717, 1.165) is 29.3 Å². The molecule has 4 aromatic rings. The van der Waals surface area contributed by atoms with Crippen molar-refractivity contribution in [2.24, 2.45) is 0 Å². The molecule has 0 unspecified atom stereocenters. The summed E-state index contributed by atoms with van der Waals surface area (Å²) in [6.07, 6.45) is 7.45. The van der Waals surface area contributed by atoms with Crippen LogP contribution in [0, 0.1) is 0 Å². The molecular weight excluding hydrogens is 380 g/mol. The molecule has 8 nitrogen and oxygen atoms in total. The predicted octanol–water partition coefficient (Wildman–Crippen LogP) is 2.76. The maximum absolute atomic E-state index is 12.8. The van der Waals surface area contributed by atoms with Crippen molar-refractivity contribution in [3.05, 3.63) is 66.6 Å². The van der Waals surface area contributed by atoms with Gasteiger partial charge in [0.25, 0.3) is 0 Å². The molecule has 3 aromatic heterocycles. The van der Waals surface area contributed by atoms with Crippen LogP contribution in [0.5, 0.6) is 5.88 Å². The molecule has 0 bridgehead atoms. The predicted molar refractivity (Wildman–Crippen MR) is 111 cm³/mol. The van der Waals surface area contributed by atoms with E-state index in [0.29, 0.717) is 31.2 Å². The summed E-state index contributed by atoms with van der Waals surface area (Å²) in [6.45, 7) is 1.37. The van der Waals surface area contributed by atoms with E-state index in [4.69, 9.17) is 4.74 Å². The Labute approximate surface area is 173 Å². The SMILES string of the molecule is O=C(Cc1c[nH]c2ccccc12)N1CCC(Oc2ccc(-n3cccn3)nn2)CC1. The summed E-state index contributed by atoms with van der Waals surface area (Å²) in [4.78, 5) is 17.9. The molecule has 0 radical (unpaired) electrons. The van der Waals surface area contributed by atoms with Gasteiger partial charge in [0.15, 0.2) is 5.82 Å². The quantitative estimate of drug-likeness (QED) is 0.554. The second-order valence-electron chi connectivity index (χ2n) is 7.41. The van der Waals surface area contributed by atoms with Gasteiger partial charge in [0, 0.05) is 61.5 Å². The summed E-state index contributed by atoms with van der Waals surface area (Å²) < 4.78 is 7.62. The van der Waals surface area contributed by atoms with Crippen LogP contribution in [0.3, 0.4) is 0 Å². The summed E-state index contributed by atoms with van der Waals surface area (Å²) >= 11 is 0. The Balaban J connectivity index is 1.15. The largest absolute Gasteiger partial charge is 0.473 e. The fourth-order valence-corrected chi connectivity index (χ4v) is 3.85. The normalized spacial score (nSPS) is 14.9. The third kappa shape index (κ3) is 3.76. The second-order valence-corrected chi connectivity index (χ2v) is 7.41. The molecule has 4 heterocycles. The van der Waals surface area contributed by atoms with Crippen LogP contribution in [0.2, 0.25) is 0 Å². The van der Waals surface area contributed by atoms with E-state index in [1.165, 1.54) is 0 Å². The molecule has 152 valence electrons. The highest BCUT2D eigenvalue weighted by atomic mass is 16.5. The number of para-hydroxylation sites is 1. The van der Waals surface area contributed by atoms with Crippen molar-refractivity contribution in [3.63, 3.8) is 0 Å². The number of H-pyrrole nitrogens is 1. The number of carbonyl (C=O) groups excluding carboxylic acids is 1. The highest BCUT2D eigenvalue weighted by Gasteiger charge is 2.25. The Morgan fingerprint density at radius 3 is 2.73 bits per heavy atom. The van der Waals surface area contributed by atoms with Crippen molar-refractivity contribution in [1.82, 2.24) is 29.9 Å². The lowest BCUT2D eigenvalue weighted by molar-refractivity contribution is -0.132. The molecule has 1 N–H and O–H groups in total. The van der Waals surface area contributed by atoms with E-state index in [2.05, 4.69) is 20.3 Å². The summed E-state index contributed by atoms with van der Waals surface area (Å²) in [7, 11) is 0. The van der Waals surface area contributed by atoms with E-state index < -0.39 is 0 Å². The van der Waals surface area contributed by atoms with Gasteiger partial charge in [0.1, 0.15) is 6.10 Å². The minimum absolute atomic E-state index is 0.0343. The molecule has 0 saturated carbocycles. The number of likely N-dealkylation sites (tertiary alicyclic amines) is 1. The van der Waals surface area contributed by atoms with Crippen LogP contribution < -0.4 is 4.74 Å². The van der Waals surface area contributed by atoms with Crippen molar-refractivity contribution in [3.8, 4) is 11.7 Å². The fourth-order valence-electron chi connectivity index (χ4n) is 3.85. The maximum atomic E-state index is 12.8. The first kappa shape index (κ1) is 18.4. The summed E-state index contributed by atoms with van der Waals surface area (Å²) in [5, 5.41) is 13.5. The standard InChI is InChI=1S/C22H22N6O2/c29-22(14-16-15-23-19-5-2-1-4-18(16)19)27-12-8-17(9-13-27)30-21-7-6-20(25-26-21)28-11-3-10-24-28/h1-7,10-11,15,17,23H,8-9,12-14H2. The van der Waals surface area contributed by atoms with Gasteiger partial charge in [0.2, 0.25) is 11.8 Å². The zero-order valence-electron chi connectivity index (χ0n) is 16.4. The number of piperidine rings is 1. The number of fused-ring (bicyclic) bond motifs is 1. The van der Waals surface area contributed by atoms with Gasteiger partial charge in [-0.2, -0.15) is 5.10 Å². The van der Waals surface area contributed by atoms with Crippen LogP contribution in [-0.4, -0.2) is 55.0 Å². The topological polar surface area (TPSA) is 88.9 Å². The lowest BCUT2D eigenvalue weighted by atomic mass is 10.1. The van der Waals surface area contributed by atoms with Crippen molar-refractivity contribution >= 4 is 16.8 Å². The molecule has 8 heteroatoms. The summed E-state index contributed by atoms with van der Waals surface area (Å²) in [5.74, 6) is 1.29. The number of benzene rings is 1. The first-order valence-corrected chi connectivity index (χ1v) is 10.1. The number of amides is 1. The number of carbonyl (C=O) groups is 1. The molecule has 1 saturated heterocycles. The average molecular weight is 402 g/mol. The van der Waals surface area contributed by atoms with Crippen LogP contribution in [0.1, 0.15) is 18.4 Å². The van der Waals surface area contributed by atoms with Gasteiger partial charge < -0.3 is 14.6 Å². The number of hydrogen-bond acceptors (Lipinski definition) is 5. The zero-order valence-corrected chi connectivity index (χ0v) is 16.4. The molecular formula is C22H22N6O2. The van der Waals surface area contributed by atoms with Gasteiger partial charge in [-0.05, 0) is 23.8 Å². The zero-order chi connectivity index (χ0) is 20.3. The molecule has 0 aliphatic carbocycles. The molecule has 30 heavy (non-hydrogen) atoms. The van der Waals surface area contributed by atoms with E-state index in [9.17, 15) is 4.79 Å².